The van der Waals surface area contributed by atoms with Crippen molar-refractivity contribution in [3.8, 4) is 5.75 Å². The van der Waals surface area contributed by atoms with E-state index in [1.807, 2.05) is 38.5 Å². The van der Waals surface area contributed by atoms with Crippen LogP contribution in [0.25, 0.3) is 10.9 Å². The summed E-state index contributed by atoms with van der Waals surface area (Å²) in [4.78, 5) is 24.3. The van der Waals surface area contributed by atoms with E-state index in [-0.39, 0.29) is 6.73 Å². The quantitative estimate of drug-likeness (QED) is 0.225. The SMILES string of the molecule is COC(=O)OCOP(=O)(OCOC(=O)OC)OCn1cc(CCN(C)C)c2ccc(OC)cc21. The molecule has 1 heterocycles. The molecule has 34 heavy (non-hydrogen) atoms. The Labute approximate surface area is 196 Å². The molecule has 0 saturated carbocycles. The topological polar surface area (TPSA) is 133 Å². The van der Waals surface area contributed by atoms with E-state index in [1.165, 1.54) is 0 Å². The highest BCUT2D eigenvalue weighted by Gasteiger charge is 2.29. The Kier molecular flexibility index (Phi) is 10.6. The van der Waals surface area contributed by atoms with Gasteiger partial charge in [0.25, 0.3) is 0 Å². The Morgan fingerprint density at radius 1 is 0.971 bits per heavy atom. The summed E-state index contributed by atoms with van der Waals surface area (Å²) in [7, 11) is 3.33. The van der Waals surface area contributed by atoms with Gasteiger partial charge in [0.2, 0.25) is 13.6 Å². The molecule has 0 saturated heterocycles. The number of aromatic nitrogens is 1. The van der Waals surface area contributed by atoms with Gasteiger partial charge in [-0.3, -0.25) is 4.52 Å². The summed E-state index contributed by atoms with van der Waals surface area (Å²) in [6.45, 7) is -1.04. The van der Waals surface area contributed by atoms with Crippen LogP contribution in [0, 0.1) is 0 Å². The third-order valence-electron chi connectivity index (χ3n) is 4.46. The Hall–Kier alpha value is -2.83. The van der Waals surface area contributed by atoms with Crippen LogP contribution in [-0.2, 0) is 50.2 Å². The third-order valence-corrected chi connectivity index (χ3v) is 5.74. The first-order chi connectivity index (χ1) is 16.2. The average molecular weight is 504 g/mol. The van der Waals surface area contributed by atoms with Gasteiger partial charge in [-0.15, -0.1) is 0 Å². The van der Waals surface area contributed by atoms with Gasteiger partial charge in [0.05, 0.1) is 26.8 Å². The van der Waals surface area contributed by atoms with E-state index in [0.717, 1.165) is 43.7 Å². The molecule has 2 aromatic rings. The van der Waals surface area contributed by atoms with Crippen LogP contribution < -0.4 is 4.74 Å². The minimum atomic E-state index is -4.36. The predicted octanol–water partition coefficient (Wildman–Crippen LogP) is 3.35. The smallest absolute Gasteiger partial charge is 0.497 e. The van der Waals surface area contributed by atoms with E-state index in [2.05, 4.69) is 23.8 Å². The summed E-state index contributed by atoms with van der Waals surface area (Å²) in [5.74, 6) is 0.625. The number of phosphoric acid groups is 1. The second-order valence-electron chi connectivity index (χ2n) is 6.96. The molecule has 0 aliphatic carbocycles. The van der Waals surface area contributed by atoms with E-state index in [4.69, 9.17) is 18.3 Å². The maximum absolute atomic E-state index is 13.0. The minimum Gasteiger partial charge on any atom is -0.497 e. The molecule has 0 aliphatic heterocycles. The zero-order chi connectivity index (χ0) is 25.1. The standard InChI is InChI=1S/C20H29N2O11P/c1-21(2)9-8-15-11-22(18-10-16(26-3)6-7-17(15)18)12-31-34(25,32-13-29-19(23)27-4)33-14-30-20(24)28-5/h6-7,10-11H,8-9,12-14H2,1-5H3. The maximum Gasteiger partial charge on any atom is 0.510 e. The van der Waals surface area contributed by atoms with Crippen molar-refractivity contribution in [2.45, 2.75) is 13.2 Å². The second-order valence-corrected chi connectivity index (χ2v) is 8.63. The molecule has 2 rings (SSSR count). The number of carbonyl (C=O) groups is 2. The van der Waals surface area contributed by atoms with Gasteiger partial charge in [0.15, 0.2) is 0 Å². The largest absolute Gasteiger partial charge is 0.510 e. The molecule has 0 fully saturated rings. The summed E-state index contributed by atoms with van der Waals surface area (Å²) in [5, 5.41) is 0.964. The van der Waals surface area contributed by atoms with E-state index in [0.29, 0.717) is 5.75 Å². The highest BCUT2D eigenvalue weighted by Crippen LogP contribution is 2.50. The van der Waals surface area contributed by atoms with Gasteiger partial charge < -0.3 is 33.2 Å². The van der Waals surface area contributed by atoms with Crippen molar-refractivity contribution >= 4 is 31.0 Å². The summed E-state index contributed by atoms with van der Waals surface area (Å²) < 4.78 is 53.2. The molecule has 0 N–H and O–H groups in total. The Balaban J connectivity index is 2.21. The summed E-state index contributed by atoms with van der Waals surface area (Å²) in [6.07, 6.45) is 0.485. The van der Waals surface area contributed by atoms with E-state index >= 15 is 0 Å². The first-order valence-electron chi connectivity index (χ1n) is 9.97. The number of fused-ring (bicyclic) bond motifs is 1. The van der Waals surface area contributed by atoms with Crippen molar-refractivity contribution in [3.05, 3.63) is 30.0 Å². The van der Waals surface area contributed by atoms with Crippen molar-refractivity contribution in [2.24, 2.45) is 0 Å². The number of rotatable bonds is 13. The number of hydrogen-bond acceptors (Lipinski definition) is 12. The molecular weight excluding hydrogens is 475 g/mol. The van der Waals surface area contributed by atoms with Crippen molar-refractivity contribution in [1.29, 1.82) is 0 Å². The van der Waals surface area contributed by atoms with Gasteiger partial charge in [0, 0.05) is 24.2 Å². The zero-order valence-electron chi connectivity index (χ0n) is 19.7. The van der Waals surface area contributed by atoms with Gasteiger partial charge in [-0.25, -0.2) is 23.2 Å². The number of nitrogens with zero attached hydrogens (tertiary/aromatic N) is 2. The molecule has 1 aromatic heterocycles. The first-order valence-corrected chi connectivity index (χ1v) is 11.4. The van der Waals surface area contributed by atoms with Crippen molar-refractivity contribution < 1.29 is 51.4 Å². The molecule has 0 aliphatic rings. The predicted molar refractivity (Wildman–Crippen MR) is 118 cm³/mol. The molecule has 0 spiro atoms. The first kappa shape index (κ1) is 27.4. The van der Waals surface area contributed by atoms with E-state index in [1.54, 1.807) is 11.7 Å². The second kappa shape index (κ2) is 13.2. The monoisotopic (exact) mass is 504 g/mol. The lowest BCUT2D eigenvalue weighted by atomic mass is 10.1. The number of benzene rings is 1. The molecule has 14 heteroatoms. The molecule has 13 nitrogen and oxygen atoms in total. The lowest BCUT2D eigenvalue weighted by molar-refractivity contribution is -0.0371. The Bertz CT molecular complexity index is 982. The van der Waals surface area contributed by atoms with Crippen LogP contribution in [0.3, 0.4) is 0 Å². The fraction of sp³-hybridized carbons (Fsp3) is 0.500. The van der Waals surface area contributed by atoms with Crippen LogP contribution in [0.2, 0.25) is 0 Å². The summed E-state index contributed by atoms with van der Waals surface area (Å²) >= 11 is 0. The normalized spacial score (nSPS) is 11.5. The minimum absolute atomic E-state index is 0.265. The van der Waals surface area contributed by atoms with E-state index in [9.17, 15) is 14.2 Å². The highest BCUT2D eigenvalue weighted by molar-refractivity contribution is 7.48. The fourth-order valence-corrected chi connectivity index (χ4v) is 3.62. The Morgan fingerprint density at radius 3 is 2.12 bits per heavy atom. The van der Waals surface area contributed by atoms with Gasteiger partial charge in [-0.05, 0) is 38.2 Å². The van der Waals surface area contributed by atoms with Crippen LogP contribution in [0.1, 0.15) is 5.56 Å². The fourth-order valence-electron chi connectivity index (χ4n) is 2.77. The summed E-state index contributed by atoms with van der Waals surface area (Å²) in [5.41, 5.74) is 1.80. The van der Waals surface area contributed by atoms with Crippen LogP contribution >= 0.6 is 7.82 Å². The molecule has 1 aromatic carbocycles. The van der Waals surface area contributed by atoms with Crippen LogP contribution in [0.15, 0.2) is 24.4 Å². The lowest BCUT2D eigenvalue weighted by Crippen LogP contribution is -2.15. The summed E-state index contributed by atoms with van der Waals surface area (Å²) in [6, 6.07) is 5.58. The third kappa shape index (κ3) is 8.19. The Morgan fingerprint density at radius 2 is 1.59 bits per heavy atom. The number of carbonyl (C=O) groups excluding carboxylic acids is 2. The van der Waals surface area contributed by atoms with Crippen LogP contribution in [-0.4, -0.2) is 77.3 Å². The molecule has 0 radical (unpaired) electrons. The number of likely N-dealkylation sites (N-methyl/N-ethyl adjacent to an activating group) is 1. The van der Waals surface area contributed by atoms with Gasteiger partial charge in [0.1, 0.15) is 12.5 Å². The lowest BCUT2D eigenvalue weighted by Gasteiger charge is -2.18. The number of methoxy groups -OCH3 is 3. The molecule has 0 atom stereocenters. The van der Waals surface area contributed by atoms with Gasteiger partial charge >= 0.3 is 20.1 Å². The average Bonchev–Trinajstić information content (AvgIpc) is 3.18. The van der Waals surface area contributed by atoms with Gasteiger partial charge in [-0.2, -0.15) is 0 Å². The van der Waals surface area contributed by atoms with Crippen molar-refractivity contribution in [3.63, 3.8) is 0 Å². The molecular formula is C20H29N2O11P. The maximum atomic E-state index is 13.0. The molecule has 190 valence electrons. The van der Waals surface area contributed by atoms with Crippen molar-refractivity contribution in [2.75, 3.05) is 55.6 Å². The van der Waals surface area contributed by atoms with Crippen LogP contribution in [0.5, 0.6) is 5.75 Å². The van der Waals surface area contributed by atoms with E-state index < -0.39 is 33.7 Å². The molecule has 0 bridgehead atoms. The van der Waals surface area contributed by atoms with Gasteiger partial charge in [-0.1, -0.05) is 0 Å². The zero-order valence-corrected chi connectivity index (χ0v) is 20.6. The number of phosphoric ester groups is 1. The highest BCUT2D eigenvalue weighted by atomic mass is 31.2. The van der Waals surface area contributed by atoms with Crippen LogP contribution in [0.4, 0.5) is 9.59 Å². The number of hydrogen-bond donors (Lipinski definition) is 0. The molecule has 0 unspecified atom stereocenters. The molecule has 0 amide bonds. The number of ether oxygens (including phenoxy) is 5. The van der Waals surface area contributed by atoms with Crippen molar-refractivity contribution in [1.82, 2.24) is 9.47 Å².